The van der Waals surface area contributed by atoms with E-state index in [1.807, 2.05) is 13.8 Å². The van der Waals surface area contributed by atoms with Gasteiger partial charge in [-0.15, -0.1) is 0 Å². The normalized spacial score (nSPS) is 14.1. The molecule has 0 aliphatic rings. The molecule has 17 heavy (non-hydrogen) atoms. The number of nitrogens with zero attached hydrogens (tertiary/aromatic N) is 1. The zero-order valence-corrected chi connectivity index (χ0v) is 9.94. The van der Waals surface area contributed by atoms with Crippen molar-refractivity contribution in [1.29, 1.82) is 0 Å². The maximum Gasteiger partial charge on any atom is 0.274 e. The maximum absolute atomic E-state index is 13.1. The Bertz CT molecular complexity index is 412. The van der Waals surface area contributed by atoms with Gasteiger partial charge >= 0.3 is 0 Å². The van der Waals surface area contributed by atoms with E-state index in [1.165, 1.54) is 12.1 Å². The molecule has 1 rings (SSSR count). The molecule has 0 fully saturated rings. The van der Waals surface area contributed by atoms with Gasteiger partial charge in [-0.3, -0.25) is 10.1 Å². The van der Waals surface area contributed by atoms with Crippen molar-refractivity contribution in [1.82, 2.24) is 0 Å². The van der Waals surface area contributed by atoms with E-state index in [2.05, 4.69) is 5.32 Å². The average Bonchev–Trinajstić information content (AvgIpc) is 2.26. The third-order valence-corrected chi connectivity index (χ3v) is 2.56. The summed E-state index contributed by atoms with van der Waals surface area (Å²) in [6.45, 7) is 3.70. The molecule has 1 aromatic carbocycles. The maximum atomic E-state index is 13.1. The molecule has 2 unspecified atom stereocenters. The number of nitrogens with one attached hydrogen (secondary N) is 1. The zero-order valence-electron chi connectivity index (χ0n) is 9.94. The molecule has 1 N–H and O–H groups in total. The van der Waals surface area contributed by atoms with Crippen molar-refractivity contribution in [2.75, 3.05) is 12.4 Å². The molecule has 94 valence electrons. The van der Waals surface area contributed by atoms with E-state index in [1.54, 1.807) is 7.11 Å². The van der Waals surface area contributed by atoms with Gasteiger partial charge in [0.05, 0.1) is 17.1 Å². The lowest BCUT2D eigenvalue weighted by atomic mass is 10.2. The van der Waals surface area contributed by atoms with Gasteiger partial charge in [-0.25, -0.2) is 4.39 Å². The van der Waals surface area contributed by atoms with E-state index >= 15 is 0 Å². The number of nitro groups is 1. The average molecular weight is 242 g/mol. The van der Waals surface area contributed by atoms with Gasteiger partial charge in [0.1, 0.15) is 5.82 Å². The smallest absolute Gasteiger partial charge is 0.274 e. The SMILES string of the molecule is COC(C)C(C)Nc1cc(F)cc([N+](=O)[O-])c1. The van der Waals surface area contributed by atoms with Crippen LogP contribution in [0.4, 0.5) is 15.8 Å². The summed E-state index contributed by atoms with van der Waals surface area (Å²) in [5.41, 5.74) is 0.0952. The third-order valence-electron chi connectivity index (χ3n) is 2.56. The second kappa shape index (κ2) is 5.58. The largest absolute Gasteiger partial charge is 0.380 e. The second-order valence-corrected chi connectivity index (χ2v) is 3.83. The first-order valence-electron chi connectivity index (χ1n) is 5.18. The van der Waals surface area contributed by atoms with Crippen LogP contribution in [0.15, 0.2) is 18.2 Å². The molecule has 5 nitrogen and oxygen atoms in total. The fourth-order valence-corrected chi connectivity index (χ4v) is 1.35. The fraction of sp³-hybridized carbons (Fsp3) is 0.455. The molecule has 0 aromatic heterocycles. The van der Waals surface area contributed by atoms with Crippen LogP contribution in [0.1, 0.15) is 13.8 Å². The van der Waals surface area contributed by atoms with Crippen molar-refractivity contribution in [3.63, 3.8) is 0 Å². The summed E-state index contributed by atoms with van der Waals surface area (Å²) in [4.78, 5) is 9.94. The van der Waals surface area contributed by atoms with E-state index in [9.17, 15) is 14.5 Å². The van der Waals surface area contributed by atoms with E-state index in [-0.39, 0.29) is 17.8 Å². The van der Waals surface area contributed by atoms with Crippen molar-refractivity contribution in [3.8, 4) is 0 Å². The third kappa shape index (κ3) is 3.67. The Morgan fingerprint density at radius 3 is 2.59 bits per heavy atom. The summed E-state index contributed by atoms with van der Waals surface area (Å²) >= 11 is 0. The number of halogens is 1. The van der Waals surface area contributed by atoms with Crippen molar-refractivity contribution >= 4 is 11.4 Å². The highest BCUT2D eigenvalue weighted by molar-refractivity contribution is 5.52. The van der Waals surface area contributed by atoms with Gasteiger partial charge in [0.25, 0.3) is 5.69 Å². The van der Waals surface area contributed by atoms with E-state index in [0.717, 1.165) is 6.07 Å². The number of nitro benzene ring substituents is 1. The highest BCUT2D eigenvalue weighted by Crippen LogP contribution is 2.21. The molecular weight excluding hydrogens is 227 g/mol. The van der Waals surface area contributed by atoms with E-state index in [4.69, 9.17) is 4.74 Å². The summed E-state index contributed by atoms with van der Waals surface area (Å²) < 4.78 is 18.2. The molecule has 2 atom stereocenters. The Morgan fingerprint density at radius 1 is 1.41 bits per heavy atom. The molecule has 0 aliphatic heterocycles. The topological polar surface area (TPSA) is 64.4 Å². The Balaban J connectivity index is 2.87. The summed E-state index contributed by atoms with van der Waals surface area (Å²) in [5.74, 6) is -0.640. The monoisotopic (exact) mass is 242 g/mol. The highest BCUT2D eigenvalue weighted by Gasteiger charge is 2.14. The minimum absolute atomic E-state index is 0.0820. The molecule has 6 heteroatoms. The quantitative estimate of drug-likeness (QED) is 0.636. The summed E-state index contributed by atoms with van der Waals surface area (Å²) in [6, 6.07) is 3.31. The Labute approximate surface area is 98.7 Å². The standard InChI is InChI=1S/C11H15FN2O3/c1-7(8(2)17-3)13-10-4-9(12)5-11(6-10)14(15)16/h4-8,13H,1-3H3. The molecule has 0 saturated carbocycles. The molecule has 0 radical (unpaired) electrons. The van der Waals surface area contributed by atoms with E-state index < -0.39 is 10.7 Å². The van der Waals surface area contributed by atoms with Crippen molar-refractivity contribution in [3.05, 3.63) is 34.1 Å². The highest BCUT2D eigenvalue weighted by atomic mass is 19.1. The van der Waals surface area contributed by atoms with Crippen LogP contribution >= 0.6 is 0 Å². The van der Waals surface area contributed by atoms with Gasteiger partial charge < -0.3 is 10.1 Å². The van der Waals surface area contributed by atoms with Crippen LogP contribution in [0, 0.1) is 15.9 Å². The van der Waals surface area contributed by atoms with Gasteiger partial charge in [-0.2, -0.15) is 0 Å². The Kier molecular flexibility index (Phi) is 4.39. The molecular formula is C11H15FN2O3. The van der Waals surface area contributed by atoms with Gasteiger partial charge in [0, 0.05) is 24.9 Å². The number of hydrogen-bond acceptors (Lipinski definition) is 4. The van der Waals surface area contributed by atoms with Crippen LogP contribution < -0.4 is 5.32 Å². The second-order valence-electron chi connectivity index (χ2n) is 3.83. The van der Waals surface area contributed by atoms with Gasteiger partial charge in [-0.05, 0) is 19.9 Å². The molecule has 0 spiro atoms. The number of hydrogen-bond donors (Lipinski definition) is 1. The van der Waals surface area contributed by atoms with Crippen molar-refractivity contribution in [2.45, 2.75) is 26.0 Å². The molecule has 0 heterocycles. The van der Waals surface area contributed by atoms with E-state index in [0.29, 0.717) is 5.69 Å². The van der Waals surface area contributed by atoms with Gasteiger partial charge in [0.2, 0.25) is 0 Å². The minimum Gasteiger partial charge on any atom is -0.380 e. The number of benzene rings is 1. The molecule has 0 aliphatic carbocycles. The predicted octanol–water partition coefficient (Wildman–Crippen LogP) is 2.57. The van der Waals surface area contributed by atoms with Crippen LogP contribution in [0.25, 0.3) is 0 Å². The first kappa shape index (κ1) is 13.4. The summed E-state index contributed by atoms with van der Waals surface area (Å²) in [6.07, 6.45) is -0.0858. The zero-order chi connectivity index (χ0) is 13.0. The lowest BCUT2D eigenvalue weighted by Gasteiger charge is -2.20. The fourth-order valence-electron chi connectivity index (χ4n) is 1.35. The van der Waals surface area contributed by atoms with Crippen LogP contribution in [0.2, 0.25) is 0 Å². The van der Waals surface area contributed by atoms with Gasteiger partial charge in [0.15, 0.2) is 0 Å². The first-order valence-corrected chi connectivity index (χ1v) is 5.18. The molecule has 1 aromatic rings. The molecule has 0 amide bonds. The van der Waals surface area contributed by atoms with Crippen molar-refractivity contribution < 1.29 is 14.1 Å². The minimum atomic E-state index is -0.640. The lowest BCUT2D eigenvalue weighted by Crippen LogP contribution is -2.29. The Hall–Kier alpha value is -1.69. The van der Waals surface area contributed by atoms with Gasteiger partial charge in [-0.1, -0.05) is 0 Å². The molecule has 0 bridgehead atoms. The number of anilines is 1. The number of rotatable bonds is 5. The summed E-state index contributed by atoms with van der Waals surface area (Å²) in [7, 11) is 1.57. The Morgan fingerprint density at radius 2 is 2.06 bits per heavy atom. The van der Waals surface area contributed by atoms with Crippen LogP contribution in [-0.4, -0.2) is 24.2 Å². The van der Waals surface area contributed by atoms with Crippen LogP contribution in [0.3, 0.4) is 0 Å². The number of methoxy groups -OCH3 is 1. The first-order chi connectivity index (χ1) is 7.93. The lowest BCUT2D eigenvalue weighted by molar-refractivity contribution is -0.385. The van der Waals surface area contributed by atoms with Crippen LogP contribution in [-0.2, 0) is 4.74 Å². The van der Waals surface area contributed by atoms with Crippen LogP contribution in [0.5, 0.6) is 0 Å². The predicted molar refractivity (Wildman–Crippen MR) is 62.6 cm³/mol. The number of ether oxygens (including phenoxy) is 1. The summed E-state index contributed by atoms with van der Waals surface area (Å²) in [5, 5.41) is 13.5. The van der Waals surface area contributed by atoms with Crippen molar-refractivity contribution in [2.24, 2.45) is 0 Å². The number of non-ortho nitro benzene ring substituents is 1. The molecule has 0 saturated heterocycles.